The number of esters is 1. The molecule has 0 spiro atoms. The fourth-order valence-electron chi connectivity index (χ4n) is 2.90. The third-order valence-corrected chi connectivity index (χ3v) is 4.22. The van der Waals surface area contributed by atoms with Gasteiger partial charge in [-0.25, -0.2) is 4.79 Å². The fraction of sp³-hybridized carbons (Fsp3) is 0.400. The van der Waals surface area contributed by atoms with Gasteiger partial charge in [0.2, 0.25) is 0 Å². The molecular formula is C20H25NO6. The van der Waals surface area contributed by atoms with Gasteiger partial charge >= 0.3 is 5.97 Å². The van der Waals surface area contributed by atoms with Gasteiger partial charge in [-0.3, -0.25) is 4.79 Å². The number of hydrogen-bond donors (Lipinski definition) is 0. The molecule has 1 aromatic rings. The van der Waals surface area contributed by atoms with Gasteiger partial charge in [0.15, 0.2) is 11.5 Å². The molecule has 1 amide bonds. The van der Waals surface area contributed by atoms with E-state index < -0.39 is 5.97 Å². The standard InChI is InChI=1S/C20H25NO6/c1-6-27-16-8-7-14(12-17(16)25-4)11-15-18(20(23)26-5)13(2)21(19(15)22)9-10-24-3/h7-8,11-12H,6,9-10H2,1-5H3/b15-11-. The molecule has 0 atom stereocenters. The van der Waals surface area contributed by atoms with Crippen LogP contribution in [0.1, 0.15) is 19.4 Å². The van der Waals surface area contributed by atoms with Crippen molar-refractivity contribution in [3.63, 3.8) is 0 Å². The lowest BCUT2D eigenvalue weighted by molar-refractivity contribution is -0.136. The van der Waals surface area contributed by atoms with Crippen LogP contribution >= 0.6 is 0 Å². The highest BCUT2D eigenvalue weighted by Gasteiger charge is 2.36. The van der Waals surface area contributed by atoms with Crippen molar-refractivity contribution in [1.29, 1.82) is 0 Å². The van der Waals surface area contributed by atoms with E-state index in [-0.39, 0.29) is 17.1 Å². The molecular weight excluding hydrogens is 350 g/mol. The van der Waals surface area contributed by atoms with Crippen LogP contribution in [0, 0.1) is 0 Å². The molecule has 1 heterocycles. The van der Waals surface area contributed by atoms with Crippen molar-refractivity contribution in [2.45, 2.75) is 13.8 Å². The third-order valence-electron chi connectivity index (χ3n) is 4.22. The van der Waals surface area contributed by atoms with Gasteiger partial charge < -0.3 is 23.8 Å². The molecule has 0 N–H and O–H groups in total. The molecule has 0 saturated carbocycles. The minimum absolute atomic E-state index is 0.256. The van der Waals surface area contributed by atoms with Crippen molar-refractivity contribution in [1.82, 2.24) is 4.90 Å². The van der Waals surface area contributed by atoms with Gasteiger partial charge in [0, 0.05) is 19.4 Å². The fourth-order valence-corrected chi connectivity index (χ4v) is 2.90. The number of ether oxygens (including phenoxy) is 4. The first-order valence-electron chi connectivity index (χ1n) is 8.61. The lowest BCUT2D eigenvalue weighted by atomic mass is 10.0. The number of rotatable bonds is 8. The first-order chi connectivity index (χ1) is 13.0. The molecule has 27 heavy (non-hydrogen) atoms. The van der Waals surface area contributed by atoms with E-state index in [4.69, 9.17) is 18.9 Å². The SMILES string of the molecule is CCOc1ccc(/C=C2\C(=O)N(CCOC)C(C)=C2C(=O)OC)cc1OC. The van der Waals surface area contributed by atoms with Crippen LogP contribution in [0.3, 0.4) is 0 Å². The molecule has 0 saturated heterocycles. The number of allylic oxidation sites excluding steroid dienone is 1. The Labute approximate surface area is 159 Å². The Balaban J connectivity index is 2.47. The molecule has 1 aromatic carbocycles. The van der Waals surface area contributed by atoms with E-state index in [1.807, 2.05) is 6.92 Å². The molecule has 1 aliphatic heterocycles. The molecule has 7 heteroatoms. The van der Waals surface area contributed by atoms with E-state index in [2.05, 4.69) is 0 Å². The lowest BCUT2D eigenvalue weighted by Crippen LogP contribution is -2.28. The summed E-state index contributed by atoms with van der Waals surface area (Å²) in [7, 11) is 4.40. The molecule has 7 nitrogen and oxygen atoms in total. The van der Waals surface area contributed by atoms with Crippen LogP contribution in [-0.4, -0.2) is 57.9 Å². The van der Waals surface area contributed by atoms with Gasteiger partial charge in [0.1, 0.15) is 0 Å². The van der Waals surface area contributed by atoms with Crippen LogP contribution in [0.4, 0.5) is 0 Å². The van der Waals surface area contributed by atoms with Crippen LogP contribution < -0.4 is 9.47 Å². The van der Waals surface area contributed by atoms with E-state index in [1.165, 1.54) is 12.0 Å². The summed E-state index contributed by atoms with van der Waals surface area (Å²) in [6.07, 6.45) is 1.66. The lowest BCUT2D eigenvalue weighted by Gasteiger charge is -2.16. The third kappa shape index (κ3) is 4.31. The van der Waals surface area contributed by atoms with E-state index in [0.717, 1.165) is 0 Å². The van der Waals surface area contributed by atoms with E-state index >= 15 is 0 Å². The van der Waals surface area contributed by atoms with Crippen molar-refractivity contribution in [2.75, 3.05) is 41.1 Å². The summed E-state index contributed by atoms with van der Waals surface area (Å²) in [5.74, 6) is 0.345. The summed E-state index contributed by atoms with van der Waals surface area (Å²) in [5.41, 5.74) is 1.79. The average molecular weight is 375 g/mol. The summed E-state index contributed by atoms with van der Waals surface area (Å²) in [6.45, 7) is 4.84. The van der Waals surface area contributed by atoms with Crippen LogP contribution in [0.2, 0.25) is 0 Å². The number of carbonyl (C=O) groups excluding carboxylic acids is 2. The van der Waals surface area contributed by atoms with Crippen molar-refractivity contribution >= 4 is 18.0 Å². The zero-order valence-electron chi connectivity index (χ0n) is 16.3. The largest absolute Gasteiger partial charge is 0.493 e. The Bertz CT molecular complexity index is 781. The number of benzene rings is 1. The molecule has 2 rings (SSSR count). The molecule has 0 unspecified atom stereocenters. The van der Waals surface area contributed by atoms with Gasteiger partial charge in [-0.2, -0.15) is 0 Å². The van der Waals surface area contributed by atoms with Gasteiger partial charge in [-0.05, 0) is 37.6 Å². The number of hydrogen-bond acceptors (Lipinski definition) is 6. The first kappa shape index (κ1) is 20.5. The molecule has 0 aliphatic carbocycles. The second kappa shape index (κ2) is 9.23. The van der Waals surface area contributed by atoms with E-state index in [0.29, 0.717) is 42.5 Å². The number of methoxy groups -OCH3 is 3. The highest BCUT2D eigenvalue weighted by atomic mass is 16.5. The quantitative estimate of drug-likeness (QED) is 0.513. The van der Waals surface area contributed by atoms with Crippen LogP contribution in [-0.2, 0) is 19.1 Å². The normalized spacial score (nSPS) is 15.5. The van der Waals surface area contributed by atoms with Crippen molar-refractivity contribution in [3.8, 4) is 11.5 Å². The predicted molar refractivity (Wildman–Crippen MR) is 100 cm³/mol. The van der Waals surface area contributed by atoms with Gasteiger partial charge in [-0.1, -0.05) is 6.07 Å². The zero-order chi connectivity index (χ0) is 20.0. The Morgan fingerprint density at radius 2 is 1.93 bits per heavy atom. The van der Waals surface area contributed by atoms with Crippen molar-refractivity contribution in [3.05, 3.63) is 40.6 Å². The predicted octanol–water partition coefficient (Wildman–Crippen LogP) is 2.41. The molecule has 146 valence electrons. The Morgan fingerprint density at radius 3 is 2.52 bits per heavy atom. The minimum Gasteiger partial charge on any atom is -0.493 e. The summed E-state index contributed by atoms with van der Waals surface area (Å²) < 4.78 is 20.8. The molecule has 0 bridgehead atoms. The molecule has 0 radical (unpaired) electrons. The van der Waals surface area contributed by atoms with Gasteiger partial charge in [-0.15, -0.1) is 0 Å². The molecule has 1 aliphatic rings. The van der Waals surface area contributed by atoms with Crippen molar-refractivity contribution in [2.24, 2.45) is 0 Å². The van der Waals surface area contributed by atoms with Gasteiger partial charge in [0.25, 0.3) is 5.91 Å². The van der Waals surface area contributed by atoms with E-state index in [9.17, 15) is 9.59 Å². The summed E-state index contributed by atoms with van der Waals surface area (Å²) in [6, 6.07) is 5.33. The smallest absolute Gasteiger partial charge is 0.340 e. The Morgan fingerprint density at radius 1 is 1.19 bits per heavy atom. The second-order valence-corrected chi connectivity index (χ2v) is 5.80. The summed E-state index contributed by atoms with van der Waals surface area (Å²) in [5, 5.41) is 0. The maximum absolute atomic E-state index is 12.9. The Hall–Kier alpha value is -2.80. The summed E-state index contributed by atoms with van der Waals surface area (Å²) >= 11 is 0. The van der Waals surface area contributed by atoms with Crippen molar-refractivity contribution < 1.29 is 28.5 Å². The Kier molecular flexibility index (Phi) is 7.01. The molecule has 0 aromatic heterocycles. The minimum atomic E-state index is -0.551. The number of nitrogens with zero attached hydrogens (tertiary/aromatic N) is 1. The van der Waals surface area contributed by atoms with Crippen LogP contribution in [0.5, 0.6) is 11.5 Å². The van der Waals surface area contributed by atoms with E-state index in [1.54, 1.807) is 45.4 Å². The molecule has 0 fully saturated rings. The first-order valence-corrected chi connectivity index (χ1v) is 8.61. The zero-order valence-corrected chi connectivity index (χ0v) is 16.3. The topological polar surface area (TPSA) is 74.3 Å². The maximum Gasteiger partial charge on any atom is 0.340 e. The average Bonchev–Trinajstić information content (AvgIpc) is 2.90. The number of carbonyl (C=O) groups is 2. The maximum atomic E-state index is 12.9. The van der Waals surface area contributed by atoms with Gasteiger partial charge in [0.05, 0.1) is 38.6 Å². The highest BCUT2D eigenvalue weighted by molar-refractivity contribution is 6.16. The monoisotopic (exact) mass is 375 g/mol. The summed E-state index contributed by atoms with van der Waals surface area (Å²) in [4.78, 5) is 26.7. The second-order valence-electron chi connectivity index (χ2n) is 5.80. The number of amides is 1. The van der Waals surface area contributed by atoms with Crippen LogP contribution in [0.25, 0.3) is 6.08 Å². The highest BCUT2D eigenvalue weighted by Crippen LogP contribution is 2.33. The van der Waals surface area contributed by atoms with Crippen LogP contribution in [0.15, 0.2) is 35.0 Å².